The van der Waals surface area contributed by atoms with Gasteiger partial charge in [-0.25, -0.2) is 0 Å². The van der Waals surface area contributed by atoms with Gasteiger partial charge in [0.15, 0.2) is 0 Å². The van der Waals surface area contributed by atoms with Gasteiger partial charge in [-0.1, -0.05) is 260 Å². The van der Waals surface area contributed by atoms with Crippen LogP contribution < -0.4 is 29.4 Å². The van der Waals surface area contributed by atoms with Crippen LogP contribution in [-0.2, 0) is 13.7 Å². The summed E-state index contributed by atoms with van der Waals surface area (Å²) in [5.74, 6) is 1.09. The summed E-state index contributed by atoms with van der Waals surface area (Å²) in [6.45, 7) is 24.1. The van der Waals surface area contributed by atoms with Crippen LogP contribution in [0.15, 0.2) is 0 Å². The fourth-order valence-electron chi connectivity index (χ4n) is 8.55. The molecule has 0 aliphatic rings. The predicted octanol–water partition coefficient (Wildman–Crippen LogP) is 12.7. The van der Waals surface area contributed by atoms with Crippen molar-refractivity contribution in [3.63, 3.8) is 0 Å². The number of hydrogen-bond donors (Lipinski definition) is 0. The molecule has 368 valence electrons. The Balaban J connectivity index is -0.000000258. The summed E-state index contributed by atoms with van der Waals surface area (Å²) in [7, 11) is -13.6. The first-order valence-corrected chi connectivity index (χ1v) is 29.6. The molecule has 6 unspecified atom stereocenters. The smallest absolute Gasteiger partial charge is 0.810 e. The maximum atomic E-state index is 11.7. The van der Waals surface area contributed by atoms with E-state index in [1.165, 1.54) is 0 Å². The van der Waals surface area contributed by atoms with Gasteiger partial charge in [0, 0.05) is 0 Å². The SMILES string of the molecule is CCCCCCC(C)(CC(CC)CCCC)P(=O)([O-])[O-].CCCCCCC(C)(CC(CC)CCCC)P(=O)([O-])[O-].CCCCCCC(C)(CC(CC)CCCC)P(=O)([O-])[O-].[Nd+3].[Nd+3]. The monoisotopic (exact) mass is 1200 g/mol. The average Bonchev–Trinajstić information content (AvgIpc) is 3.17. The fourth-order valence-corrected chi connectivity index (χ4v) is 11.3. The van der Waals surface area contributed by atoms with E-state index in [4.69, 9.17) is 0 Å². The maximum absolute atomic E-state index is 11.7. The van der Waals surface area contributed by atoms with Gasteiger partial charge in [-0.3, -0.25) is 0 Å². The molecule has 0 aromatic rings. The molecule has 0 spiro atoms. The quantitative estimate of drug-likeness (QED) is 0.0434. The Hall–Kier alpha value is 3.15. The van der Waals surface area contributed by atoms with Crippen LogP contribution in [0.2, 0.25) is 0 Å². The summed E-state index contributed by atoms with van der Waals surface area (Å²) in [5.41, 5.74) is 0. The summed E-state index contributed by atoms with van der Waals surface area (Å²) in [5, 5.41) is -3.14. The van der Waals surface area contributed by atoms with Gasteiger partial charge in [-0.05, 0) is 71.7 Å². The standard InChI is InChI=1S/3C16H35O3P.2Nd/c3*1-5-8-10-11-13-16(4,20(17,18)19)14-15(7-3)12-9-6-2;;/h3*15H,5-14H2,1-4H3,(H2,17,18,19);;/q;;;2*+3/p-6. The number of rotatable bonds is 36. The zero-order chi connectivity index (χ0) is 46.9. The molecule has 62 heavy (non-hydrogen) atoms. The zero-order valence-electron chi connectivity index (χ0n) is 42.5. The first-order chi connectivity index (χ1) is 27.9. The number of hydrogen-bond acceptors (Lipinski definition) is 9. The van der Waals surface area contributed by atoms with Gasteiger partial charge < -0.3 is 43.1 Å². The van der Waals surface area contributed by atoms with E-state index in [2.05, 4.69) is 62.3 Å². The second kappa shape index (κ2) is 41.9. The van der Waals surface area contributed by atoms with E-state index >= 15 is 0 Å². The van der Waals surface area contributed by atoms with E-state index in [0.29, 0.717) is 56.3 Å². The summed E-state index contributed by atoms with van der Waals surface area (Å²) < 4.78 is 35.1. The number of unbranched alkanes of at least 4 members (excludes halogenated alkanes) is 12. The van der Waals surface area contributed by atoms with Gasteiger partial charge in [0.05, 0.1) is 0 Å². The van der Waals surface area contributed by atoms with E-state index in [1.54, 1.807) is 20.8 Å². The Morgan fingerprint density at radius 3 is 0.677 bits per heavy atom. The second-order valence-corrected chi connectivity index (χ2v) is 25.5. The average molecular weight is 1200 g/mol. The van der Waals surface area contributed by atoms with Crippen molar-refractivity contribution in [3.8, 4) is 0 Å². The Morgan fingerprint density at radius 1 is 0.339 bits per heavy atom. The normalized spacial score (nSPS) is 16.4. The summed E-state index contributed by atoms with van der Waals surface area (Å²) in [4.78, 5) is 70.3. The predicted molar refractivity (Wildman–Crippen MR) is 248 cm³/mol. The van der Waals surface area contributed by atoms with Crippen LogP contribution in [0.5, 0.6) is 0 Å². The maximum Gasteiger partial charge on any atom is 3.00 e. The Labute approximate surface area is 451 Å². The summed E-state index contributed by atoms with van der Waals surface area (Å²) in [6, 6.07) is 0. The van der Waals surface area contributed by atoms with E-state index in [9.17, 15) is 43.1 Å². The Morgan fingerprint density at radius 2 is 0.532 bits per heavy atom. The molecule has 0 saturated heterocycles. The molecule has 0 bridgehead atoms. The van der Waals surface area contributed by atoms with Gasteiger partial charge in [0.2, 0.25) is 0 Å². The van der Waals surface area contributed by atoms with Crippen molar-refractivity contribution in [2.75, 3.05) is 0 Å². The fraction of sp³-hybridized carbons (Fsp3) is 1.00. The molecule has 0 aromatic carbocycles. The van der Waals surface area contributed by atoms with Gasteiger partial charge >= 0.3 is 81.7 Å². The molecule has 0 fully saturated rings. The van der Waals surface area contributed by atoms with Crippen molar-refractivity contribution < 1.29 is 125 Å². The molecule has 6 atom stereocenters. The summed E-state index contributed by atoms with van der Waals surface area (Å²) in [6.07, 6.45) is 28.3. The van der Waals surface area contributed by atoms with Crippen molar-refractivity contribution in [1.29, 1.82) is 0 Å². The van der Waals surface area contributed by atoms with Crippen molar-refractivity contribution in [2.24, 2.45) is 17.8 Å². The van der Waals surface area contributed by atoms with E-state index in [0.717, 1.165) is 154 Å². The van der Waals surface area contributed by atoms with Crippen LogP contribution in [0.4, 0.5) is 0 Å². The topological polar surface area (TPSA) is 190 Å². The molecule has 0 heterocycles. The van der Waals surface area contributed by atoms with Gasteiger partial charge in [-0.2, -0.15) is 0 Å². The minimum Gasteiger partial charge on any atom is -0.810 e. The molecule has 0 saturated carbocycles. The van der Waals surface area contributed by atoms with E-state index in [-0.39, 0.29) is 81.7 Å². The van der Waals surface area contributed by atoms with Crippen LogP contribution >= 0.6 is 22.8 Å². The zero-order valence-corrected chi connectivity index (χ0v) is 51.6. The third-order valence-electron chi connectivity index (χ3n) is 13.5. The largest absolute Gasteiger partial charge is 3.00 e. The minimum atomic E-state index is -4.54. The van der Waals surface area contributed by atoms with E-state index in [1.807, 2.05) is 0 Å². The molecule has 0 amide bonds. The molecule has 0 N–H and O–H groups in total. The van der Waals surface area contributed by atoms with Crippen LogP contribution in [0, 0.1) is 99.4 Å². The molecule has 0 aromatic heterocycles. The van der Waals surface area contributed by atoms with Gasteiger partial charge in [0.1, 0.15) is 0 Å². The molecule has 0 rings (SSSR count). The molecule has 14 heteroatoms. The molecule has 2 radical (unpaired) electrons. The Bertz CT molecular complexity index is 1010. The van der Waals surface area contributed by atoms with Crippen LogP contribution in [0.1, 0.15) is 276 Å². The van der Waals surface area contributed by atoms with Crippen molar-refractivity contribution in [2.45, 2.75) is 291 Å². The van der Waals surface area contributed by atoms with Crippen molar-refractivity contribution in [1.82, 2.24) is 0 Å². The third kappa shape index (κ3) is 34.4. The molecular formula is C48H99Nd2O9P3. The first kappa shape index (κ1) is 74.1. The van der Waals surface area contributed by atoms with Gasteiger partial charge in [0.25, 0.3) is 0 Å². The molecular weight excluding hydrogens is 1100 g/mol. The van der Waals surface area contributed by atoms with Crippen LogP contribution in [0.25, 0.3) is 0 Å². The first-order valence-electron chi connectivity index (χ1n) is 25.0. The van der Waals surface area contributed by atoms with Crippen LogP contribution in [-0.4, -0.2) is 15.5 Å². The molecule has 0 aliphatic carbocycles. The molecule has 9 nitrogen and oxygen atoms in total. The second-order valence-electron chi connectivity index (χ2n) is 19.3. The van der Waals surface area contributed by atoms with Crippen LogP contribution in [0.3, 0.4) is 0 Å². The van der Waals surface area contributed by atoms with Gasteiger partial charge in [-0.15, -0.1) is 0 Å². The van der Waals surface area contributed by atoms with E-state index < -0.39 is 38.3 Å². The Kier molecular flexibility index (Phi) is 50.1. The van der Waals surface area contributed by atoms with Crippen molar-refractivity contribution in [3.05, 3.63) is 0 Å². The summed E-state index contributed by atoms with van der Waals surface area (Å²) >= 11 is 0. The van der Waals surface area contributed by atoms with Crippen molar-refractivity contribution >= 4 is 22.8 Å². The third-order valence-corrected chi connectivity index (χ3v) is 18.7. The minimum absolute atomic E-state index is 0. The molecule has 0 aliphatic heterocycles.